The Morgan fingerprint density at radius 1 is 1.37 bits per heavy atom. The molecule has 0 aromatic heterocycles. The quantitative estimate of drug-likeness (QED) is 0.867. The van der Waals surface area contributed by atoms with E-state index in [9.17, 15) is 14.0 Å². The van der Waals surface area contributed by atoms with Gasteiger partial charge in [-0.2, -0.15) is 0 Å². The van der Waals surface area contributed by atoms with Gasteiger partial charge in [-0.05, 0) is 30.2 Å². The van der Waals surface area contributed by atoms with Gasteiger partial charge in [0, 0.05) is 23.3 Å². The fraction of sp³-hybridized carbons (Fsp3) is 0.429. The summed E-state index contributed by atoms with van der Waals surface area (Å²) >= 11 is 5.84. The highest BCUT2D eigenvalue weighted by Gasteiger charge is 2.36. The minimum Gasteiger partial charge on any atom is -0.296 e. The lowest BCUT2D eigenvalue weighted by atomic mass is 9.78. The number of hydrogen-bond acceptors (Lipinski definition) is 2. The maximum Gasteiger partial charge on any atom is 0.230 e. The molecule has 0 aliphatic carbocycles. The Bertz CT molecular complexity index is 498. The van der Waals surface area contributed by atoms with E-state index >= 15 is 0 Å². The molecule has 1 aromatic carbocycles. The van der Waals surface area contributed by atoms with Crippen LogP contribution in [0.25, 0.3) is 0 Å². The number of benzene rings is 1. The van der Waals surface area contributed by atoms with Crippen molar-refractivity contribution in [3.63, 3.8) is 0 Å². The summed E-state index contributed by atoms with van der Waals surface area (Å²) in [7, 11) is 0. The van der Waals surface area contributed by atoms with Gasteiger partial charge in [0.2, 0.25) is 11.8 Å². The Hall–Kier alpha value is -1.42. The average molecular weight is 284 g/mol. The molecule has 2 rings (SSSR count). The first-order valence-electron chi connectivity index (χ1n) is 6.31. The third-order valence-electron chi connectivity index (χ3n) is 3.40. The highest BCUT2D eigenvalue weighted by Crippen LogP contribution is 2.35. The molecule has 1 saturated heterocycles. The van der Waals surface area contributed by atoms with Gasteiger partial charge < -0.3 is 0 Å². The molecule has 0 radical (unpaired) electrons. The third kappa shape index (κ3) is 3.13. The standard InChI is InChI=1S/C14H15ClFNO2/c1-2-3-11-12(7-13(18)17-14(11)19)8-4-9(15)6-10(16)5-8/h4-6,11-12H,2-3,7H2,1H3,(H,17,18,19). The molecular formula is C14H15ClFNO2. The van der Waals surface area contributed by atoms with E-state index in [2.05, 4.69) is 5.32 Å². The molecule has 2 unspecified atom stereocenters. The van der Waals surface area contributed by atoms with Crippen molar-refractivity contribution in [3.8, 4) is 0 Å². The number of hydrogen-bond donors (Lipinski definition) is 1. The van der Waals surface area contributed by atoms with Crippen LogP contribution in [0.3, 0.4) is 0 Å². The first kappa shape index (κ1) is 14.0. The van der Waals surface area contributed by atoms with E-state index in [-0.39, 0.29) is 35.1 Å². The number of halogens is 2. The second kappa shape index (κ2) is 5.70. The van der Waals surface area contributed by atoms with Gasteiger partial charge in [0.05, 0.1) is 0 Å². The molecule has 5 heteroatoms. The molecule has 1 aliphatic rings. The average Bonchev–Trinajstić information content (AvgIpc) is 2.31. The summed E-state index contributed by atoms with van der Waals surface area (Å²) in [5.74, 6) is -1.64. The highest BCUT2D eigenvalue weighted by molar-refractivity contribution is 6.30. The minimum atomic E-state index is -0.448. The van der Waals surface area contributed by atoms with Gasteiger partial charge in [-0.3, -0.25) is 14.9 Å². The zero-order valence-electron chi connectivity index (χ0n) is 10.6. The van der Waals surface area contributed by atoms with E-state index in [0.717, 1.165) is 6.42 Å². The van der Waals surface area contributed by atoms with E-state index in [1.54, 1.807) is 6.07 Å². The Morgan fingerprint density at radius 2 is 2.11 bits per heavy atom. The maximum atomic E-state index is 13.4. The normalized spacial score (nSPS) is 23.3. The molecule has 102 valence electrons. The summed E-state index contributed by atoms with van der Waals surface area (Å²) in [4.78, 5) is 23.4. The summed E-state index contributed by atoms with van der Waals surface area (Å²) in [6.07, 6.45) is 1.68. The summed E-state index contributed by atoms with van der Waals surface area (Å²) in [5.41, 5.74) is 0.617. The third-order valence-corrected chi connectivity index (χ3v) is 3.62. The smallest absolute Gasteiger partial charge is 0.230 e. The largest absolute Gasteiger partial charge is 0.296 e. The van der Waals surface area contributed by atoms with Crippen LogP contribution in [-0.2, 0) is 9.59 Å². The van der Waals surface area contributed by atoms with E-state index in [0.29, 0.717) is 12.0 Å². The SMILES string of the molecule is CCCC1C(=O)NC(=O)CC1c1cc(F)cc(Cl)c1. The fourth-order valence-electron chi connectivity index (χ4n) is 2.59. The number of rotatable bonds is 3. The van der Waals surface area contributed by atoms with E-state index in [1.807, 2.05) is 6.92 Å². The van der Waals surface area contributed by atoms with Gasteiger partial charge in [0.25, 0.3) is 0 Å². The predicted molar refractivity (Wildman–Crippen MR) is 70.3 cm³/mol. The van der Waals surface area contributed by atoms with Crippen molar-refractivity contribution in [3.05, 3.63) is 34.6 Å². The van der Waals surface area contributed by atoms with Crippen molar-refractivity contribution < 1.29 is 14.0 Å². The number of piperidine rings is 1. The Labute approximate surface area is 116 Å². The minimum absolute atomic E-state index is 0.191. The second-order valence-corrected chi connectivity index (χ2v) is 5.26. The number of amides is 2. The lowest BCUT2D eigenvalue weighted by Crippen LogP contribution is -2.44. The van der Waals surface area contributed by atoms with Crippen LogP contribution in [0.4, 0.5) is 4.39 Å². The van der Waals surface area contributed by atoms with Gasteiger partial charge in [-0.25, -0.2) is 4.39 Å². The monoisotopic (exact) mass is 283 g/mol. The molecule has 1 aliphatic heterocycles. The van der Waals surface area contributed by atoms with Crippen LogP contribution in [0.15, 0.2) is 18.2 Å². The summed E-state index contributed by atoms with van der Waals surface area (Å²) in [6.45, 7) is 1.97. The van der Waals surface area contributed by atoms with Crippen LogP contribution in [-0.4, -0.2) is 11.8 Å². The summed E-state index contributed by atoms with van der Waals surface area (Å²) in [6, 6.07) is 4.19. The van der Waals surface area contributed by atoms with Gasteiger partial charge in [0.15, 0.2) is 0 Å². The zero-order chi connectivity index (χ0) is 14.0. The molecule has 19 heavy (non-hydrogen) atoms. The molecule has 0 bridgehead atoms. The van der Waals surface area contributed by atoms with E-state index in [4.69, 9.17) is 11.6 Å². The lowest BCUT2D eigenvalue weighted by molar-refractivity contribution is -0.137. The van der Waals surface area contributed by atoms with Gasteiger partial charge in [-0.15, -0.1) is 0 Å². The molecule has 2 atom stereocenters. The van der Waals surface area contributed by atoms with Gasteiger partial charge >= 0.3 is 0 Å². The fourth-order valence-corrected chi connectivity index (χ4v) is 2.82. The van der Waals surface area contributed by atoms with Crippen LogP contribution >= 0.6 is 11.6 Å². The number of carbonyl (C=O) groups excluding carboxylic acids is 2. The van der Waals surface area contributed by atoms with Crippen molar-refractivity contribution >= 4 is 23.4 Å². The van der Waals surface area contributed by atoms with Crippen LogP contribution in [0.5, 0.6) is 0 Å². The molecule has 2 amide bonds. The van der Waals surface area contributed by atoms with Crippen molar-refractivity contribution in [2.45, 2.75) is 32.1 Å². The molecule has 1 N–H and O–H groups in total. The van der Waals surface area contributed by atoms with Crippen molar-refractivity contribution in [2.24, 2.45) is 5.92 Å². The molecule has 0 spiro atoms. The zero-order valence-corrected chi connectivity index (χ0v) is 11.3. The first-order valence-corrected chi connectivity index (χ1v) is 6.68. The molecule has 3 nitrogen and oxygen atoms in total. The lowest BCUT2D eigenvalue weighted by Gasteiger charge is -2.30. The topological polar surface area (TPSA) is 46.2 Å². The van der Waals surface area contributed by atoms with Crippen LogP contribution in [0.2, 0.25) is 5.02 Å². The predicted octanol–water partition coefficient (Wildman–Crippen LogP) is 3.03. The summed E-state index contributed by atoms with van der Waals surface area (Å²) in [5, 5.41) is 2.62. The first-order chi connectivity index (χ1) is 9.01. The van der Waals surface area contributed by atoms with E-state index < -0.39 is 5.82 Å². The second-order valence-electron chi connectivity index (χ2n) is 4.82. The number of carbonyl (C=O) groups is 2. The highest BCUT2D eigenvalue weighted by atomic mass is 35.5. The Balaban J connectivity index is 2.37. The van der Waals surface area contributed by atoms with Gasteiger partial charge in [-0.1, -0.05) is 24.9 Å². The number of nitrogens with one attached hydrogen (secondary N) is 1. The van der Waals surface area contributed by atoms with Gasteiger partial charge in [0.1, 0.15) is 5.82 Å². The van der Waals surface area contributed by atoms with E-state index in [1.165, 1.54) is 12.1 Å². The Morgan fingerprint density at radius 3 is 2.74 bits per heavy atom. The molecule has 1 fully saturated rings. The maximum absolute atomic E-state index is 13.4. The van der Waals surface area contributed by atoms with Crippen LogP contribution < -0.4 is 5.32 Å². The molecule has 1 heterocycles. The summed E-state index contributed by atoms with van der Waals surface area (Å²) < 4.78 is 13.4. The van der Waals surface area contributed by atoms with Crippen molar-refractivity contribution in [1.82, 2.24) is 5.32 Å². The molecule has 1 aromatic rings. The Kier molecular flexibility index (Phi) is 4.20. The van der Waals surface area contributed by atoms with Crippen molar-refractivity contribution in [2.75, 3.05) is 0 Å². The van der Waals surface area contributed by atoms with Crippen LogP contribution in [0, 0.1) is 11.7 Å². The molecular weight excluding hydrogens is 269 g/mol. The van der Waals surface area contributed by atoms with Crippen molar-refractivity contribution in [1.29, 1.82) is 0 Å². The molecule has 0 saturated carbocycles. The number of imide groups is 1. The van der Waals surface area contributed by atoms with Crippen LogP contribution in [0.1, 0.15) is 37.7 Å².